The van der Waals surface area contributed by atoms with E-state index >= 15 is 0 Å². The highest BCUT2D eigenvalue weighted by Gasteiger charge is 2.34. The van der Waals surface area contributed by atoms with Crippen LogP contribution >= 0.6 is 0 Å². The smallest absolute Gasteiger partial charge is 0.256 e. The van der Waals surface area contributed by atoms with Gasteiger partial charge in [-0.3, -0.25) is 9.78 Å². The number of aromatic nitrogens is 3. The monoisotopic (exact) mass is 378 g/mol. The van der Waals surface area contributed by atoms with Crippen molar-refractivity contribution in [1.82, 2.24) is 20.0 Å². The van der Waals surface area contributed by atoms with Gasteiger partial charge in [0.15, 0.2) is 5.82 Å². The standard InChI is InChI=1S/C21H22N4O3/c1-15-9-10-17(12-22-15)21(26)25-11-5-8-18(25)20-23-19(28-24-20)14-27-13-16-6-3-2-4-7-16/h2-4,6-7,9-10,12,18H,5,8,11,13-14H2,1H3. The molecule has 0 spiro atoms. The SMILES string of the molecule is Cc1ccc(C(=O)N2CCCC2c2noc(COCc3ccccc3)n2)cn1. The fourth-order valence-corrected chi connectivity index (χ4v) is 3.33. The van der Waals surface area contributed by atoms with Gasteiger partial charge in [-0.25, -0.2) is 0 Å². The largest absolute Gasteiger partial charge is 0.367 e. The summed E-state index contributed by atoms with van der Waals surface area (Å²) in [5.41, 5.74) is 2.54. The van der Waals surface area contributed by atoms with Crippen molar-refractivity contribution < 1.29 is 14.1 Å². The van der Waals surface area contributed by atoms with Gasteiger partial charge < -0.3 is 14.2 Å². The van der Waals surface area contributed by atoms with E-state index in [0.29, 0.717) is 30.4 Å². The molecule has 0 bridgehead atoms. The first-order valence-corrected chi connectivity index (χ1v) is 9.38. The fraction of sp³-hybridized carbons (Fsp3) is 0.333. The highest BCUT2D eigenvalue weighted by Crippen LogP contribution is 2.31. The molecular formula is C21H22N4O3. The zero-order valence-electron chi connectivity index (χ0n) is 15.7. The van der Waals surface area contributed by atoms with E-state index in [9.17, 15) is 4.79 Å². The third-order valence-electron chi connectivity index (χ3n) is 4.79. The molecule has 1 fully saturated rings. The van der Waals surface area contributed by atoms with Crippen LogP contribution < -0.4 is 0 Å². The molecule has 0 saturated carbocycles. The van der Waals surface area contributed by atoms with Crippen LogP contribution in [0.2, 0.25) is 0 Å². The number of amides is 1. The molecule has 7 nitrogen and oxygen atoms in total. The number of hydrogen-bond donors (Lipinski definition) is 0. The minimum Gasteiger partial charge on any atom is -0.367 e. The number of carbonyl (C=O) groups is 1. The van der Waals surface area contributed by atoms with Crippen molar-refractivity contribution in [3.8, 4) is 0 Å². The van der Waals surface area contributed by atoms with Crippen LogP contribution in [0.1, 0.15) is 52.2 Å². The molecule has 28 heavy (non-hydrogen) atoms. The Labute approximate surface area is 163 Å². The second-order valence-electron chi connectivity index (χ2n) is 6.87. The molecule has 0 N–H and O–H groups in total. The Balaban J connectivity index is 1.39. The summed E-state index contributed by atoms with van der Waals surface area (Å²) in [6.07, 6.45) is 3.34. The summed E-state index contributed by atoms with van der Waals surface area (Å²) in [5.74, 6) is 0.896. The number of aryl methyl sites for hydroxylation is 1. The second-order valence-corrected chi connectivity index (χ2v) is 6.87. The van der Waals surface area contributed by atoms with Crippen LogP contribution in [0.3, 0.4) is 0 Å². The Hall–Kier alpha value is -3.06. The van der Waals surface area contributed by atoms with Crippen molar-refractivity contribution in [3.63, 3.8) is 0 Å². The Morgan fingerprint density at radius 2 is 2.07 bits per heavy atom. The van der Waals surface area contributed by atoms with Gasteiger partial charge in [0.05, 0.1) is 18.2 Å². The van der Waals surface area contributed by atoms with E-state index in [2.05, 4.69) is 15.1 Å². The maximum Gasteiger partial charge on any atom is 0.256 e. The van der Waals surface area contributed by atoms with Gasteiger partial charge in [-0.1, -0.05) is 35.5 Å². The summed E-state index contributed by atoms with van der Waals surface area (Å²) < 4.78 is 11.0. The van der Waals surface area contributed by atoms with Crippen LogP contribution in [0.25, 0.3) is 0 Å². The maximum absolute atomic E-state index is 12.9. The molecule has 3 heterocycles. The van der Waals surface area contributed by atoms with Gasteiger partial charge in [0.1, 0.15) is 6.61 Å². The third kappa shape index (κ3) is 4.09. The zero-order valence-corrected chi connectivity index (χ0v) is 15.7. The molecule has 1 aliphatic heterocycles. The number of carbonyl (C=O) groups excluding carboxylic acids is 1. The summed E-state index contributed by atoms with van der Waals surface area (Å²) in [4.78, 5) is 23.3. The molecule has 2 aromatic heterocycles. The van der Waals surface area contributed by atoms with Crippen molar-refractivity contribution in [2.24, 2.45) is 0 Å². The summed E-state index contributed by atoms with van der Waals surface area (Å²) in [6, 6.07) is 13.4. The molecule has 0 radical (unpaired) electrons. The Morgan fingerprint density at radius 3 is 2.86 bits per heavy atom. The molecule has 3 aromatic rings. The van der Waals surface area contributed by atoms with E-state index in [1.807, 2.05) is 43.3 Å². The normalized spacial score (nSPS) is 16.5. The van der Waals surface area contributed by atoms with E-state index in [1.165, 1.54) is 0 Å². The van der Waals surface area contributed by atoms with Crippen LogP contribution in [0.15, 0.2) is 53.2 Å². The van der Waals surface area contributed by atoms with Gasteiger partial charge in [0, 0.05) is 18.4 Å². The molecule has 1 atom stereocenters. The fourth-order valence-electron chi connectivity index (χ4n) is 3.33. The van der Waals surface area contributed by atoms with Crippen molar-refractivity contribution in [3.05, 3.63) is 77.2 Å². The first-order chi connectivity index (χ1) is 13.7. The molecule has 1 amide bonds. The van der Waals surface area contributed by atoms with Gasteiger partial charge in [-0.2, -0.15) is 4.98 Å². The van der Waals surface area contributed by atoms with Crippen LogP contribution in [0.4, 0.5) is 0 Å². The van der Waals surface area contributed by atoms with Crippen LogP contribution in [0.5, 0.6) is 0 Å². The van der Waals surface area contributed by atoms with E-state index in [4.69, 9.17) is 9.26 Å². The topological polar surface area (TPSA) is 81.4 Å². The number of ether oxygens (including phenoxy) is 1. The van der Waals surface area contributed by atoms with E-state index in [1.54, 1.807) is 17.2 Å². The number of rotatable bonds is 6. The summed E-state index contributed by atoms with van der Waals surface area (Å²) in [6.45, 7) is 3.29. The lowest BCUT2D eigenvalue weighted by molar-refractivity contribution is 0.0727. The van der Waals surface area contributed by atoms with Gasteiger partial charge >= 0.3 is 0 Å². The van der Waals surface area contributed by atoms with Gasteiger partial charge in [-0.15, -0.1) is 0 Å². The van der Waals surface area contributed by atoms with Gasteiger partial charge in [0.2, 0.25) is 0 Å². The quantitative estimate of drug-likeness (QED) is 0.653. The number of benzene rings is 1. The second kappa shape index (κ2) is 8.31. The van der Waals surface area contributed by atoms with Crippen LogP contribution in [-0.2, 0) is 18.0 Å². The molecule has 1 unspecified atom stereocenters. The van der Waals surface area contributed by atoms with E-state index in [-0.39, 0.29) is 18.6 Å². The molecule has 1 saturated heterocycles. The number of nitrogens with zero attached hydrogens (tertiary/aromatic N) is 4. The van der Waals surface area contributed by atoms with Gasteiger partial charge in [0.25, 0.3) is 11.8 Å². The maximum atomic E-state index is 12.9. The molecule has 1 aliphatic rings. The minimum atomic E-state index is -0.180. The summed E-state index contributed by atoms with van der Waals surface area (Å²) in [5, 5.41) is 4.09. The lowest BCUT2D eigenvalue weighted by atomic mass is 10.2. The average Bonchev–Trinajstić information content (AvgIpc) is 3.38. The van der Waals surface area contributed by atoms with E-state index in [0.717, 1.165) is 24.1 Å². The molecule has 4 rings (SSSR count). The Morgan fingerprint density at radius 1 is 1.21 bits per heavy atom. The van der Waals surface area contributed by atoms with Crippen molar-refractivity contribution >= 4 is 5.91 Å². The van der Waals surface area contributed by atoms with Crippen molar-refractivity contribution in [1.29, 1.82) is 0 Å². The number of likely N-dealkylation sites (tertiary alicyclic amines) is 1. The molecular weight excluding hydrogens is 356 g/mol. The molecule has 7 heteroatoms. The highest BCUT2D eigenvalue weighted by molar-refractivity contribution is 5.94. The van der Waals surface area contributed by atoms with Gasteiger partial charge in [-0.05, 0) is 37.5 Å². The number of hydrogen-bond acceptors (Lipinski definition) is 6. The number of pyridine rings is 1. The summed E-state index contributed by atoms with van der Waals surface area (Å²) in [7, 11) is 0. The minimum absolute atomic E-state index is 0.0540. The van der Waals surface area contributed by atoms with E-state index < -0.39 is 0 Å². The Bertz CT molecular complexity index is 924. The lowest BCUT2D eigenvalue weighted by Gasteiger charge is -2.22. The molecule has 144 valence electrons. The lowest BCUT2D eigenvalue weighted by Crippen LogP contribution is -2.31. The van der Waals surface area contributed by atoms with Crippen LogP contribution in [-0.4, -0.2) is 32.5 Å². The van der Waals surface area contributed by atoms with Crippen molar-refractivity contribution in [2.45, 2.75) is 39.0 Å². The molecule has 0 aliphatic carbocycles. The molecule has 1 aromatic carbocycles. The zero-order chi connectivity index (χ0) is 19.3. The third-order valence-corrected chi connectivity index (χ3v) is 4.79. The van der Waals surface area contributed by atoms with Crippen molar-refractivity contribution in [2.75, 3.05) is 6.54 Å². The first kappa shape index (κ1) is 18.3. The predicted molar refractivity (Wildman–Crippen MR) is 101 cm³/mol. The first-order valence-electron chi connectivity index (χ1n) is 9.38. The van der Waals surface area contributed by atoms with Crippen LogP contribution in [0, 0.1) is 6.92 Å². The average molecular weight is 378 g/mol. The highest BCUT2D eigenvalue weighted by atomic mass is 16.5. The summed E-state index contributed by atoms with van der Waals surface area (Å²) >= 11 is 0. The predicted octanol–water partition coefficient (Wildman–Crippen LogP) is 3.47. The Kier molecular flexibility index (Phi) is 5.43.